The second-order valence-corrected chi connectivity index (χ2v) is 3.90. The lowest BCUT2D eigenvalue weighted by molar-refractivity contribution is 0.108. The third-order valence-electron chi connectivity index (χ3n) is 1.68. The molecule has 1 aromatic rings. The highest BCUT2D eigenvalue weighted by atomic mass is 79.9. The normalized spacial score (nSPS) is 12.5. The summed E-state index contributed by atoms with van der Waals surface area (Å²) in [6.07, 6.45) is -0.473. The molecule has 0 saturated carbocycles. The van der Waals surface area contributed by atoms with E-state index in [-0.39, 0.29) is 0 Å². The average Bonchev–Trinajstić information content (AvgIpc) is 2.15. The van der Waals surface area contributed by atoms with Gasteiger partial charge in [0.1, 0.15) is 18.5 Å². The van der Waals surface area contributed by atoms with Crippen LogP contribution in [0.25, 0.3) is 0 Å². The Morgan fingerprint density at radius 2 is 2.36 bits per heavy atom. The van der Waals surface area contributed by atoms with Crippen LogP contribution in [0.4, 0.5) is 0 Å². The van der Waals surface area contributed by atoms with Gasteiger partial charge in [-0.15, -0.1) is 0 Å². The number of nitrogens with one attached hydrogen (secondary N) is 1. The Morgan fingerprint density at radius 1 is 1.57 bits per heavy atom. The fourth-order valence-electron chi connectivity index (χ4n) is 1.04. The number of hydrogen-bond acceptors (Lipinski definition) is 3. The van der Waals surface area contributed by atoms with Crippen molar-refractivity contribution in [2.24, 2.45) is 0 Å². The maximum atomic E-state index is 9.38. The van der Waals surface area contributed by atoms with Crippen molar-refractivity contribution in [1.29, 1.82) is 0 Å². The molecule has 1 atom stereocenters. The third kappa shape index (κ3) is 4.09. The maximum absolute atomic E-state index is 9.38. The predicted molar refractivity (Wildman–Crippen MR) is 59.6 cm³/mol. The molecule has 4 heteroatoms. The maximum Gasteiger partial charge on any atom is 0.120 e. The van der Waals surface area contributed by atoms with Crippen LogP contribution in [0.15, 0.2) is 28.7 Å². The Kier molecular flexibility index (Phi) is 4.93. The lowest BCUT2D eigenvalue weighted by atomic mass is 10.3. The van der Waals surface area contributed by atoms with Gasteiger partial charge in [0.05, 0.1) is 0 Å². The quantitative estimate of drug-likeness (QED) is 0.841. The van der Waals surface area contributed by atoms with Gasteiger partial charge in [-0.1, -0.05) is 22.0 Å². The zero-order valence-corrected chi connectivity index (χ0v) is 9.62. The lowest BCUT2D eigenvalue weighted by Gasteiger charge is -2.11. The molecule has 0 spiro atoms. The molecule has 14 heavy (non-hydrogen) atoms. The number of benzene rings is 1. The molecule has 78 valence electrons. The minimum Gasteiger partial charge on any atom is -0.491 e. The summed E-state index contributed by atoms with van der Waals surface area (Å²) in [5.74, 6) is 0.759. The fourth-order valence-corrected chi connectivity index (χ4v) is 1.42. The summed E-state index contributed by atoms with van der Waals surface area (Å²) in [4.78, 5) is 0. The van der Waals surface area contributed by atoms with E-state index < -0.39 is 6.10 Å². The lowest BCUT2D eigenvalue weighted by Crippen LogP contribution is -2.29. The van der Waals surface area contributed by atoms with Gasteiger partial charge < -0.3 is 15.2 Å². The molecule has 0 aliphatic rings. The zero-order valence-electron chi connectivity index (χ0n) is 8.03. The first-order valence-electron chi connectivity index (χ1n) is 4.43. The van der Waals surface area contributed by atoms with Crippen molar-refractivity contribution in [2.75, 3.05) is 20.2 Å². The van der Waals surface area contributed by atoms with Crippen molar-refractivity contribution in [3.05, 3.63) is 28.7 Å². The molecule has 0 heterocycles. The number of hydrogen-bond donors (Lipinski definition) is 2. The minimum atomic E-state index is -0.473. The van der Waals surface area contributed by atoms with Crippen LogP contribution in [0.5, 0.6) is 5.75 Å². The van der Waals surface area contributed by atoms with E-state index in [1.807, 2.05) is 24.3 Å². The standard InChI is InChI=1S/C10H14BrNO2/c1-12-6-9(13)7-14-10-4-2-3-8(11)5-10/h2-5,9,12-13H,6-7H2,1H3. The molecule has 0 bridgehead atoms. The topological polar surface area (TPSA) is 41.5 Å². The second-order valence-electron chi connectivity index (χ2n) is 2.98. The van der Waals surface area contributed by atoms with E-state index in [9.17, 15) is 5.11 Å². The summed E-state index contributed by atoms with van der Waals surface area (Å²) in [6, 6.07) is 7.55. The molecule has 0 aliphatic heterocycles. The largest absolute Gasteiger partial charge is 0.491 e. The average molecular weight is 260 g/mol. The molecule has 1 unspecified atom stereocenters. The number of aliphatic hydroxyl groups is 1. The number of halogens is 1. The Morgan fingerprint density at radius 3 is 3.00 bits per heavy atom. The molecule has 0 amide bonds. The van der Waals surface area contributed by atoms with Crippen molar-refractivity contribution in [2.45, 2.75) is 6.10 Å². The molecule has 0 aromatic heterocycles. The van der Waals surface area contributed by atoms with Crippen LogP contribution >= 0.6 is 15.9 Å². The highest BCUT2D eigenvalue weighted by Crippen LogP contribution is 2.17. The summed E-state index contributed by atoms with van der Waals surface area (Å²) >= 11 is 3.35. The van der Waals surface area contributed by atoms with Gasteiger partial charge in [-0.05, 0) is 25.2 Å². The first-order valence-corrected chi connectivity index (χ1v) is 5.22. The molecule has 2 N–H and O–H groups in total. The monoisotopic (exact) mass is 259 g/mol. The zero-order chi connectivity index (χ0) is 10.4. The summed E-state index contributed by atoms with van der Waals surface area (Å²) in [5.41, 5.74) is 0. The third-order valence-corrected chi connectivity index (χ3v) is 2.17. The van der Waals surface area contributed by atoms with E-state index >= 15 is 0 Å². The van der Waals surface area contributed by atoms with Crippen LogP contribution in [0.2, 0.25) is 0 Å². The van der Waals surface area contributed by atoms with Gasteiger partial charge >= 0.3 is 0 Å². The number of likely N-dealkylation sites (N-methyl/N-ethyl adjacent to an activating group) is 1. The first-order chi connectivity index (χ1) is 6.72. The van der Waals surface area contributed by atoms with E-state index in [2.05, 4.69) is 21.2 Å². The fraction of sp³-hybridized carbons (Fsp3) is 0.400. The molecule has 0 saturated heterocycles. The summed E-state index contributed by atoms with van der Waals surface area (Å²) in [6.45, 7) is 0.839. The highest BCUT2D eigenvalue weighted by Gasteiger charge is 2.03. The van der Waals surface area contributed by atoms with Crippen LogP contribution in [0.3, 0.4) is 0 Å². The smallest absolute Gasteiger partial charge is 0.120 e. The molecular weight excluding hydrogens is 246 g/mol. The van der Waals surface area contributed by atoms with E-state index in [1.54, 1.807) is 7.05 Å². The van der Waals surface area contributed by atoms with E-state index in [0.717, 1.165) is 10.2 Å². The Balaban J connectivity index is 2.37. The minimum absolute atomic E-state index is 0.303. The molecule has 1 aromatic carbocycles. The molecular formula is C10H14BrNO2. The highest BCUT2D eigenvalue weighted by molar-refractivity contribution is 9.10. The summed E-state index contributed by atoms with van der Waals surface area (Å²) in [5, 5.41) is 12.3. The molecule has 1 rings (SSSR count). The summed E-state index contributed by atoms with van der Waals surface area (Å²) in [7, 11) is 1.79. The van der Waals surface area contributed by atoms with Crippen LogP contribution in [0, 0.1) is 0 Å². The van der Waals surface area contributed by atoms with Crippen LogP contribution in [-0.2, 0) is 0 Å². The predicted octanol–water partition coefficient (Wildman–Crippen LogP) is 1.41. The van der Waals surface area contributed by atoms with Crippen molar-refractivity contribution in [3.63, 3.8) is 0 Å². The van der Waals surface area contributed by atoms with E-state index in [1.165, 1.54) is 0 Å². The molecule has 0 fully saturated rings. The first kappa shape index (κ1) is 11.5. The van der Waals surface area contributed by atoms with Gasteiger partial charge in [-0.3, -0.25) is 0 Å². The molecule has 3 nitrogen and oxygen atoms in total. The number of aliphatic hydroxyl groups excluding tert-OH is 1. The second kappa shape index (κ2) is 6.01. The molecule has 0 aliphatic carbocycles. The molecule has 0 radical (unpaired) electrons. The Labute approximate surface area is 92.2 Å². The van der Waals surface area contributed by atoms with Gasteiger partial charge in [0.2, 0.25) is 0 Å². The van der Waals surface area contributed by atoms with E-state index in [0.29, 0.717) is 13.2 Å². The van der Waals surface area contributed by atoms with Crippen molar-refractivity contribution in [1.82, 2.24) is 5.32 Å². The van der Waals surface area contributed by atoms with Crippen molar-refractivity contribution < 1.29 is 9.84 Å². The van der Waals surface area contributed by atoms with Gasteiger partial charge in [0.25, 0.3) is 0 Å². The van der Waals surface area contributed by atoms with Crippen molar-refractivity contribution in [3.8, 4) is 5.75 Å². The van der Waals surface area contributed by atoms with Crippen LogP contribution in [-0.4, -0.2) is 31.4 Å². The SMILES string of the molecule is CNCC(O)COc1cccc(Br)c1. The summed E-state index contributed by atoms with van der Waals surface area (Å²) < 4.78 is 6.35. The van der Waals surface area contributed by atoms with Gasteiger partial charge in [0.15, 0.2) is 0 Å². The van der Waals surface area contributed by atoms with E-state index in [4.69, 9.17) is 4.74 Å². The Bertz CT molecular complexity index is 281. The van der Waals surface area contributed by atoms with Crippen LogP contribution in [0.1, 0.15) is 0 Å². The van der Waals surface area contributed by atoms with Gasteiger partial charge in [-0.25, -0.2) is 0 Å². The van der Waals surface area contributed by atoms with Crippen LogP contribution < -0.4 is 10.1 Å². The Hall–Kier alpha value is -0.580. The number of ether oxygens (including phenoxy) is 1. The van der Waals surface area contributed by atoms with Gasteiger partial charge in [-0.2, -0.15) is 0 Å². The number of rotatable bonds is 5. The van der Waals surface area contributed by atoms with Gasteiger partial charge in [0, 0.05) is 11.0 Å². The van der Waals surface area contributed by atoms with Crippen molar-refractivity contribution >= 4 is 15.9 Å².